The third-order valence-corrected chi connectivity index (χ3v) is 4.30. The van der Waals surface area contributed by atoms with E-state index in [2.05, 4.69) is 68.6 Å². The van der Waals surface area contributed by atoms with Gasteiger partial charge in [-0.25, -0.2) is 4.98 Å². The minimum absolute atomic E-state index is 0.609. The van der Waals surface area contributed by atoms with E-state index in [-0.39, 0.29) is 0 Å². The number of aromatic nitrogens is 2. The number of halogens is 1. The van der Waals surface area contributed by atoms with Crippen molar-refractivity contribution in [3.05, 3.63) is 75.9 Å². The molecule has 1 aromatic heterocycles. The van der Waals surface area contributed by atoms with Gasteiger partial charge in [0.25, 0.3) is 0 Å². The minimum Gasteiger partial charge on any atom is -0.350 e. The van der Waals surface area contributed by atoms with Gasteiger partial charge in [-0.05, 0) is 54.8 Å². The normalized spacial score (nSPS) is 10.5. The first-order valence-electron chi connectivity index (χ1n) is 7.76. The summed E-state index contributed by atoms with van der Waals surface area (Å²) in [6.45, 7) is 4.87. The lowest BCUT2D eigenvalue weighted by molar-refractivity contribution is 1.04. The fraction of sp³-hybridized carbons (Fsp3) is 0.158. The Morgan fingerprint density at radius 1 is 1.00 bits per heavy atom. The lowest BCUT2D eigenvalue weighted by Gasteiger charge is -2.11. The van der Waals surface area contributed by atoms with Crippen LogP contribution in [0.1, 0.15) is 16.7 Å². The zero-order valence-electron chi connectivity index (χ0n) is 13.7. The molecule has 0 saturated carbocycles. The van der Waals surface area contributed by atoms with Crippen molar-refractivity contribution in [3.63, 3.8) is 0 Å². The number of hydrogen-bond donors (Lipinski definition) is 2. The average molecular weight is 383 g/mol. The predicted molar refractivity (Wildman–Crippen MR) is 103 cm³/mol. The second kappa shape index (κ2) is 7.45. The molecule has 0 unspecified atom stereocenters. The summed E-state index contributed by atoms with van der Waals surface area (Å²) < 4.78 is 1.06. The van der Waals surface area contributed by atoms with Gasteiger partial charge in [0.2, 0.25) is 5.95 Å². The summed E-state index contributed by atoms with van der Waals surface area (Å²) in [6, 6.07) is 16.3. The molecule has 0 saturated heterocycles. The number of aryl methyl sites for hydroxylation is 2. The summed E-state index contributed by atoms with van der Waals surface area (Å²) in [4.78, 5) is 8.82. The van der Waals surface area contributed by atoms with E-state index in [0.29, 0.717) is 12.5 Å². The molecule has 3 rings (SSSR count). The lowest BCUT2D eigenvalue weighted by Crippen LogP contribution is -2.06. The number of nitrogens with one attached hydrogen (secondary N) is 2. The van der Waals surface area contributed by atoms with E-state index in [9.17, 15) is 0 Å². The Balaban J connectivity index is 1.71. The topological polar surface area (TPSA) is 49.8 Å². The SMILES string of the molecule is Cc1ccccc1CNc1nccc(Nc2ccc(Br)cc2C)n1. The van der Waals surface area contributed by atoms with Crippen molar-refractivity contribution in [2.75, 3.05) is 10.6 Å². The second-order valence-corrected chi connectivity index (χ2v) is 6.55. The summed E-state index contributed by atoms with van der Waals surface area (Å²) in [5.74, 6) is 1.38. The van der Waals surface area contributed by atoms with E-state index in [0.717, 1.165) is 21.5 Å². The van der Waals surface area contributed by atoms with Crippen molar-refractivity contribution in [1.29, 1.82) is 0 Å². The van der Waals surface area contributed by atoms with Crippen LogP contribution < -0.4 is 10.6 Å². The van der Waals surface area contributed by atoms with Crippen LogP contribution in [-0.4, -0.2) is 9.97 Å². The first-order valence-corrected chi connectivity index (χ1v) is 8.56. The van der Waals surface area contributed by atoms with Crippen molar-refractivity contribution in [3.8, 4) is 0 Å². The largest absolute Gasteiger partial charge is 0.350 e. The van der Waals surface area contributed by atoms with Gasteiger partial charge in [-0.1, -0.05) is 40.2 Å². The highest BCUT2D eigenvalue weighted by molar-refractivity contribution is 9.10. The van der Waals surface area contributed by atoms with Crippen molar-refractivity contribution in [2.45, 2.75) is 20.4 Å². The van der Waals surface area contributed by atoms with Crippen LogP contribution in [0.4, 0.5) is 17.5 Å². The van der Waals surface area contributed by atoms with Crippen LogP contribution in [0, 0.1) is 13.8 Å². The first kappa shape index (κ1) is 16.5. The Bertz CT molecular complexity index is 848. The third kappa shape index (κ3) is 4.11. The van der Waals surface area contributed by atoms with Gasteiger partial charge in [0.15, 0.2) is 0 Å². The van der Waals surface area contributed by atoms with E-state index in [1.165, 1.54) is 11.1 Å². The summed E-state index contributed by atoms with van der Waals surface area (Å²) in [7, 11) is 0. The van der Waals surface area contributed by atoms with Crippen LogP contribution in [0.15, 0.2) is 59.2 Å². The van der Waals surface area contributed by atoms with Gasteiger partial charge in [0.05, 0.1) is 0 Å². The molecule has 0 radical (unpaired) electrons. The van der Waals surface area contributed by atoms with Gasteiger partial charge in [-0.15, -0.1) is 0 Å². The van der Waals surface area contributed by atoms with Crippen LogP contribution in [-0.2, 0) is 6.54 Å². The van der Waals surface area contributed by atoms with Gasteiger partial charge in [0, 0.05) is 22.9 Å². The standard InChI is InChI=1S/C19H19BrN4/c1-13-5-3-4-6-15(13)12-22-19-21-10-9-18(24-19)23-17-8-7-16(20)11-14(17)2/h3-11H,12H2,1-2H3,(H2,21,22,23,24). The number of nitrogens with zero attached hydrogens (tertiary/aromatic N) is 2. The predicted octanol–water partition coefficient (Wildman–Crippen LogP) is 5.21. The molecule has 0 aliphatic carbocycles. The average Bonchev–Trinajstić information content (AvgIpc) is 2.57. The molecular formula is C19H19BrN4. The molecule has 5 heteroatoms. The second-order valence-electron chi connectivity index (χ2n) is 5.63. The maximum atomic E-state index is 4.53. The van der Waals surface area contributed by atoms with Crippen LogP contribution in [0.3, 0.4) is 0 Å². The molecule has 3 aromatic rings. The summed E-state index contributed by atoms with van der Waals surface area (Å²) in [6.07, 6.45) is 1.75. The number of benzene rings is 2. The molecule has 0 atom stereocenters. The van der Waals surface area contributed by atoms with E-state index >= 15 is 0 Å². The van der Waals surface area contributed by atoms with Crippen LogP contribution in [0.25, 0.3) is 0 Å². The molecule has 1 heterocycles. The molecule has 2 N–H and O–H groups in total. The quantitative estimate of drug-likeness (QED) is 0.635. The van der Waals surface area contributed by atoms with Gasteiger partial charge < -0.3 is 10.6 Å². The highest BCUT2D eigenvalue weighted by Gasteiger charge is 2.04. The van der Waals surface area contributed by atoms with Crippen LogP contribution >= 0.6 is 15.9 Å². The molecular weight excluding hydrogens is 364 g/mol. The van der Waals surface area contributed by atoms with E-state index in [1.807, 2.05) is 30.3 Å². The summed E-state index contributed by atoms with van der Waals surface area (Å²) in [5, 5.41) is 6.62. The van der Waals surface area contributed by atoms with Crippen LogP contribution in [0.5, 0.6) is 0 Å². The molecule has 0 amide bonds. The van der Waals surface area contributed by atoms with Gasteiger partial charge in [0.1, 0.15) is 5.82 Å². The van der Waals surface area contributed by atoms with Crippen molar-refractivity contribution >= 4 is 33.4 Å². The molecule has 0 spiro atoms. The lowest BCUT2D eigenvalue weighted by atomic mass is 10.1. The molecule has 0 fully saturated rings. The van der Waals surface area contributed by atoms with Crippen molar-refractivity contribution < 1.29 is 0 Å². The van der Waals surface area contributed by atoms with E-state index in [1.54, 1.807) is 6.20 Å². The molecule has 24 heavy (non-hydrogen) atoms. The maximum absolute atomic E-state index is 4.53. The zero-order chi connectivity index (χ0) is 16.9. The van der Waals surface area contributed by atoms with Gasteiger partial charge in [-0.3, -0.25) is 0 Å². The molecule has 0 bridgehead atoms. The Kier molecular flexibility index (Phi) is 5.11. The van der Waals surface area contributed by atoms with Crippen LogP contribution in [0.2, 0.25) is 0 Å². The third-order valence-electron chi connectivity index (χ3n) is 3.80. The fourth-order valence-electron chi connectivity index (χ4n) is 2.40. The van der Waals surface area contributed by atoms with Gasteiger partial charge >= 0.3 is 0 Å². The highest BCUT2D eigenvalue weighted by atomic mass is 79.9. The smallest absolute Gasteiger partial charge is 0.224 e. The van der Waals surface area contributed by atoms with Crippen molar-refractivity contribution in [1.82, 2.24) is 9.97 Å². The van der Waals surface area contributed by atoms with E-state index < -0.39 is 0 Å². The highest BCUT2D eigenvalue weighted by Crippen LogP contribution is 2.23. The summed E-state index contributed by atoms with van der Waals surface area (Å²) in [5.41, 5.74) is 4.67. The molecule has 0 aliphatic rings. The molecule has 0 aliphatic heterocycles. The number of anilines is 3. The Morgan fingerprint density at radius 2 is 1.83 bits per heavy atom. The number of rotatable bonds is 5. The first-order chi connectivity index (χ1) is 11.6. The zero-order valence-corrected chi connectivity index (χ0v) is 15.3. The fourth-order valence-corrected chi connectivity index (χ4v) is 2.88. The Morgan fingerprint density at radius 3 is 2.62 bits per heavy atom. The molecule has 122 valence electrons. The Hall–Kier alpha value is -2.40. The minimum atomic E-state index is 0.609. The maximum Gasteiger partial charge on any atom is 0.224 e. The monoisotopic (exact) mass is 382 g/mol. The van der Waals surface area contributed by atoms with E-state index in [4.69, 9.17) is 0 Å². The van der Waals surface area contributed by atoms with Crippen molar-refractivity contribution in [2.24, 2.45) is 0 Å². The molecule has 2 aromatic carbocycles. The van der Waals surface area contributed by atoms with Gasteiger partial charge in [-0.2, -0.15) is 4.98 Å². The Labute approximate surface area is 150 Å². The number of hydrogen-bond acceptors (Lipinski definition) is 4. The summed E-state index contributed by atoms with van der Waals surface area (Å²) >= 11 is 3.48. The molecule has 4 nitrogen and oxygen atoms in total.